The Balaban J connectivity index is 1.63. The van der Waals surface area contributed by atoms with Crippen molar-refractivity contribution < 1.29 is 14.3 Å². The van der Waals surface area contributed by atoms with Gasteiger partial charge in [-0.2, -0.15) is 0 Å². The van der Waals surface area contributed by atoms with Crippen molar-refractivity contribution in [3.63, 3.8) is 0 Å². The lowest BCUT2D eigenvalue weighted by Crippen LogP contribution is -2.40. The number of hydrogen-bond donors (Lipinski definition) is 0. The zero-order valence-electron chi connectivity index (χ0n) is 11.0. The number of carbonyl (C=O) groups is 2. The van der Waals surface area contributed by atoms with Crippen LogP contribution in [0.1, 0.15) is 18.4 Å². The summed E-state index contributed by atoms with van der Waals surface area (Å²) in [5.41, 5.74) is 1.21. The third-order valence-electron chi connectivity index (χ3n) is 3.28. The van der Waals surface area contributed by atoms with Crippen molar-refractivity contribution in [2.24, 2.45) is 0 Å². The minimum Gasteiger partial charge on any atom is -0.371 e. The third kappa shape index (κ3) is 4.48. The number of piperidine rings is 1. The van der Waals surface area contributed by atoms with Crippen LogP contribution >= 0.6 is 0 Å². The van der Waals surface area contributed by atoms with E-state index in [-0.39, 0.29) is 18.3 Å². The molecule has 1 aromatic rings. The van der Waals surface area contributed by atoms with Crippen LogP contribution in [0.5, 0.6) is 0 Å². The molecule has 0 aromatic heterocycles. The molecule has 1 aliphatic rings. The summed E-state index contributed by atoms with van der Waals surface area (Å²) in [6.07, 6.45) is 1.78. The summed E-state index contributed by atoms with van der Waals surface area (Å²) in [5.74, 6) is 0.231. The predicted molar refractivity (Wildman–Crippen MR) is 71.8 cm³/mol. The van der Waals surface area contributed by atoms with Gasteiger partial charge in [-0.3, -0.25) is 9.59 Å². The van der Waals surface area contributed by atoms with Crippen molar-refractivity contribution in [1.82, 2.24) is 4.90 Å². The molecule has 1 fully saturated rings. The normalized spacial score (nSPS) is 15.6. The first-order valence-corrected chi connectivity index (χ1v) is 6.67. The summed E-state index contributed by atoms with van der Waals surface area (Å²) >= 11 is 0. The lowest BCUT2D eigenvalue weighted by molar-refractivity contribution is -0.138. The van der Waals surface area contributed by atoms with Gasteiger partial charge in [0.2, 0.25) is 5.91 Å². The summed E-state index contributed by atoms with van der Waals surface area (Å²) in [4.78, 5) is 24.6. The Kier molecular flexibility index (Phi) is 5.10. The van der Waals surface area contributed by atoms with E-state index >= 15 is 0 Å². The van der Waals surface area contributed by atoms with Crippen LogP contribution in [0.4, 0.5) is 0 Å². The van der Waals surface area contributed by atoms with Crippen molar-refractivity contribution in [3.05, 3.63) is 35.9 Å². The van der Waals surface area contributed by atoms with Gasteiger partial charge in [0.25, 0.3) is 0 Å². The molecule has 102 valence electrons. The largest absolute Gasteiger partial charge is 0.371 e. The van der Waals surface area contributed by atoms with E-state index in [4.69, 9.17) is 4.74 Å². The van der Waals surface area contributed by atoms with Gasteiger partial charge in [-0.25, -0.2) is 0 Å². The first-order chi connectivity index (χ1) is 9.25. The van der Waals surface area contributed by atoms with Gasteiger partial charge in [0.15, 0.2) is 0 Å². The number of nitrogens with zero attached hydrogens (tertiary/aromatic N) is 1. The molecule has 0 radical (unpaired) electrons. The molecule has 0 aliphatic carbocycles. The minimum absolute atomic E-state index is 0.0134. The summed E-state index contributed by atoms with van der Waals surface area (Å²) < 4.78 is 5.40. The highest BCUT2D eigenvalue weighted by Gasteiger charge is 2.20. The highest BCUT2D eigenvalue weighted by atomic mass is 16.5. The molecule has 1 amide bonds. The minimum atomic E-state index is -0.0134. The molecule has 1 heterocycles. The number of amides is 1. The summed E-state index contributed by atoms with van der Waals surface area (Å²) in [6.45, 7) is 1.74. The number of likely N-dealkylation sites (tertiary alicyclic amines) is 1. The Labute approximate surface area is 113 Å². The molecule has 0 bridgehead atoms. The monoisotopic (exact) mass is 261 g/mol. The standard InChI is InChI=1S/C15H19NO3/c17-14-6-9-16(10-7-14)15(18)12-19-11-8-13-4-2-1-3-5-13/h1-5H,6-12H2. The SMILES string of the molecule is O=C1CCN(C(=O)COCCc2ccccc2)CC1. The highest BCUT2D eigenvalue weighted by molar-refractivity contribution is 5.83. The lowest BCUT2D eigenvalue weighted by Gasteiger charge is -2.25. The molecule has 0 spiro atoms. The second kappa shape index (κ2) is 7.04. The molecular weight excluding hydrogens is 242 g/mol. The maximum atomic E-state index is 11.8. The predicted octanol–water partition coefficient (Wildman–Crippen LogP) is 1.44. The van der Waals surface area contributed by atoms with Crippen molar-refractivity contribution >= 4 is 11.7 Å². The van der Waals surface area contributed by atoms with E-state index in [1.165, 1.54) is 5.56 Å². The fourth-order valence-electron chi connectivity index (χ4n) is 2.09. The van der Waals surface area contributed by atoms with Crippen LogP contribution in [0.3, 0.4) is 0 Å². The number of carbonyl (C=O) groups excluding carboxylic acids is 2. The van der Waals surface area contributed by atoms with E-state index < -0.39 is 0 Å². The van der Waals surface area contributed by atoms with Crippen molar-refractivity contribution in [2.45, 2.75) is 19.3 Å². The summed E-state index contributed by atoms with van der Waals surface area (Å²) in [7, 11) is 0. The topological polar surface area (TPSA) is 46.6 Å². The quantitative estimate of drug-likeness (QED) is 0.753. The second-order valence-corrected chi connectivity index (χ2v) is 4.71. The van der Waals surface area contributed by atoms with E-state index in [2.05, 4.69) is 0 Å². The molecule has 0 saturated carbocycles. The van der Waals surface area contributed by atoms with Crippen molar-refractivity contribution in [1.29, 1.82) is 0 Å². The zero-order chi connectivity index (χ0) is 13.5. The molecule has 1 saturated heterocycles. The first kappa shape index (κ1) is 13.7. The van der Waals surface area contributed by atoms with Gasteiger partial charge in [0.05, 0.1) is 6.61 Å². The molecule has 4 heteroatoms. The molecule has 0 N–H and O–H groups in total. The van der Waals surface area contributed by atoms with Crippen LogP contribution in [0.25, 0.3) is 0 Å². The van der Waals surface area contributed by atoms with Crippen LogP contribution in [-0.2, 0) is 20.7 Å². The van der Waals surface area contributed by atoms with Gasteiger partial charge >= 0.3 is 0 Å². The van der Waals surface area contributed by atoms with Crippen molar-refractivity contribution in [2.75, 3.05) is 26.3 Å². The lowest BCUT2D eigenvalue weighted by atomic mass is 10.1. The van der Waals surface area contributed by atoms with Crippen LogP contribution in [0.2, 0.25) is 0 Å². The first-order valence-electron chi connectivity index (χ1n) is 6.67. The third-order valence-corrected chi connectivity index (χ3v) is 3.28. The molecule has 1 aliphatic heterocycles. The van der Waals surface area contributed by atoms with Crippen LogP contribution in [0.15, 0.2) is 30.3 Å². The number of benzene rings is 1. The smallest absolute Gasteiger partial charge is 0.248 e. The van der Waals surface area contributed by atoms with Gasteiger partial charge in [-0.15, -0.1) is 0 Å². The van der Waals surface area contributed by atoms with Gasteiger partial charge in [0.1, 0.15) is 12.4 Å². The van der Waals surface area contributed by atoms with Crippen LogP contribution in [-0.4, -0.2) is 42.9 Å². The van der Waals surface area contributed by atoms with E-state index in [1.807, 2.05) is 30.3 Å². The Bertz CT molecular complexity index is 420. The van der Waals surface area contributed by atoms with E-state index in [9.17, 15) is 9.59 Å². The van der Waals surface area contributed by atoms with Crippen LogP contribution < -0.4 is 0 Å². The number of ketones is 1. The van der Waals surface area contributed by atoms with Gasteiger partial charge in [-0.1, -0.05) is 30.3 Å². The molecule has 19 heavy (non-hydrogen) atoms. The highest BCUT2D eigenvalue weighted by Crippen LogP contribution is 2.06. The maximum absolute atomic E-state index is 11.8. The van der Waals surface area contributed by atoms with E-state index in [1.54, 1.807) is 4.90 Å². The van der Waals surface area contributed by atoms with Crippen molar-refractivity contribution in [3.8, 4) is 0 Å². The number of rotatable bonds is 5. The van der Waals surface area contributed by atoms with Gasteiger partial charge in [0, 0.05) is 25.9 Å². The number of hydrogen-bond acceptors (Lipinski definition) is 3. The molecule has 4 nitrogen and oxygen atoms in total. The molecule has 0 unspecified atom stereocenters. The average molecular weight is 261 g/mol. The Morgan fingerprint density at radius 1 is 1.16 bits per heavy atom. The summed E-state index contributed by atoms with van der Waals surface area (Å²) in [5, 5.41) is 0. The molecule has 2 rings (SSSR count). The van der Waals surface area contributed by atoms with Gasteiger partial charge in [-0.05, 0) is 12.0 Å². The molecular formula is C15H19NO3. The average Bonchev–Trinajstić information content (AvgIpc) is 2.45. The second-order valence-electron chi connectivity index (χ2n) is 4.71. The molecule has 1 aromatic carbocycles. The fourth-order valence-corrected chi connectivity index (χ4v) is 2.09. The van der Waals surface area contributed by atoms with E-state index in [0.717, 1.165) is 6.42 Å². The maximum Gasteiger partial charge on any atom is 0.248 e. The Hall–Kier alpha value is -1.68. The molecule has 0 atom stereocenters. The number of Topliss-reactive ketones (excluding diaryl/α,β-unsaturated/α-hetero) is 1. The zero-order valence-corrected chi connectivity index (χ0v) is 11.0. The summed E-state index contributed by atoms with van der Waals surface area (Å²) in [6, 6.07) is 10.0. The fraction of sp³-hybridized carbons (Fsp3) is 0.467. The Morgan fingerprint density at radius 2 is 1.84 bits per heavy atom. The van der Waals surface area contributed by atoms with Gasteiger partial charge < -0.3 is 9.64 Å². The van der Waals surface area contributed by atoms with E-state index in [0.29, 0.717) is 32.5 Å². The number of ether oxygens (including phenoxy) is 1. The van der Waals surface area contributed by atoms with Crippen LogP contribution in [0, 0.1) is 0 Å². The Morgan fingerprint density at radius 3 is 2.53 bits per heavy atom.